The van der Waals surface area contributed by atoms with Crippen molar-refractivity contribution in [1.29, 1.82) is 0 Å². The van der Waals surface area contributed by atoms with Crippen molar-refractivity contribution < 1.29 is 14.6 Å². The molecule has 1 heterocycles. The summed E-state index contributed by atoms with van der Waals surface area (Å²) >= 11 is 0. The molecule has 2 unspecified atom stereocenters. The van der Waals surface area contributed by atoms with Crippen LogP contribution in [0.1, 0.15) is 6.42 Å². The van der Waals surface area contributed by atoms with Crippen LogP contribution in [0.4, 0.5) is 0 Å². The molecule has 0 saturated carbocycles. The van der Waals surface area contributed by atoms with Gasteiger partial charge in [0.15, 0.2) is 0 Å². The minimum absolute atomic E-state index is 0.00833. The Bertz CT molecular complexity index is 137. The van der Waals surface area contributed by atoms with Gasteiger partial charge in [-0.2, -0.15) is 0 Å². The quantitative estimate of drug-likeness (QED) is 0.517. The predicted octanol–water partition coefficient (Wildman–Crippen LogP) is -1.12. The molecule has 2 N–H and O–H groups in total. The van der Waals surface area contributed by atoms with Gasteiger partial charge in [-0.15, -0.1) is 0 Å². The summed E-state index contributed by atoms with van der Waals surface area (Å²) in [5.74, 6) is -0.124. The predicted molar refractivity (Wildman–Crippen MR) is 34.4 cm³/mol. The highest BCUT2D eigenvalue weighted by Crippen LogP contribution is 2.09. The SMILES string of the molecule is COC1CC(CO)NC1=O. The molecule has 1 amide bonds. The van der Waals surface area contributed by atoms with Gasteiger partial charge in [-0.05, 0) is 0 Å². The molecule has 4 nitrogen and oxygen atoms in total. The minimum atomic E-state index is -0.364. The molecule has 1 saturated heterocycles. The number of carbonyl (C=O) groups is 1. The van der Waals surface area contributed by atoms with Crippen molar-refractivity contribution in [2.45, 2.75) is 18.6 Å². The normalized spacial score (nSPS) is 32.4. The number of ether oxygens (including phenoxy) is 1. The topological polar surface area (TPSA) is 58.6 Å². The zero-order valence-corrected chi connectivity index (χ0v) is 5.83. The van der Waals surface area contributed by atoms with E-state index in [9.17, 15) is 4.79 Å². The second-order valence-electron chi connectivity index (χ2n) is 2.35. The summed E-state index contributed by atoms with van der Waals surface area (Å²) in [7, 11) is 1.49. The Morgan fingerprint density at radius 1 is 1.90 bits per heavy atom. The third-order valence-corrected chi connectivity index (χ3v) is 1.64. The first-order valence-electron chi connectivity index (χ1n) is 3.22. The van der Waals surface area contributed by atoms with Gasteiger partial charge in [0.05, 0.1) is 12.6 Å². The molecule has 1 aliphatic heterocycles. The number of carbonyl (C=O) groups excluding carboxylic acids is 1. The van der Waals surface area contributed by atoms with E-state index in [2.05, 4.69) is 5.32 Å². The number of hydrogen-bond donors (Lipinski definition) is 2. The Morgan fingerprint density at radius 3 is 2.90 bits per heavy atom. The van der Waals surface area contributed by atoms with Gasteiger partial charge in [-0.1, -0.05) is 0 Å². The third-order valence-electron chi connectivity index (χ3n) is 1.64. The molecule has 1 fully saturated rings. The summed E-state index contributed by atoms with van der Waals surface area (Å²) in [6.45, 7) is -0.00833. The molecule has 0 aromatic rings. The molecule has 2 atom stereocenters. The highest BCUT2D eigenvalue weighted by atomic mass is 16.5. The van der Waals surface area contributed by atoms with Crippen molar-refractivity contribution in [3.63, 3.8) is 0 Å². The number of amides is 1. The molecule has 1 aliphatic rings. The molecule has 0 bridgehead atoms. The first kappa shape index (κ1) is 7.50. The zero-order valence-electron chi connectivity index (χ0n) is 5.83. The van der Waals surface area contributed by atoms with E-state index in [1.54, 1.807) is 0 Å². The first-order chi connectivity index (χ1) is 4.77. The maximum absolute atomic E-state index is 10.8. The Labute approximate surface area is 59.2 Å². The molecule has 1 rings (SSSR count). The summed E-state index contributed by atoms with van der Waals surface area (Å²) in [6.07, 6.45) is 0.211. The van der Waals surface area contributed by atoms with Crippen LogP contribution in [0, 0.1) is 0 Å². The van der Waals surface area contributed by atoms with Crippen molar-refractivity contribution in [3.8, 4) is 0 Å². The molecule has 4 heteroatoms. The van der Waals surface area contributed by atoms with Crippen LogP contribution in [0.2, 0.25) is 0 Å². The van der Waals surface area contributed by atoms with Crippen LogP contribution in [0.15, 0.2) is 0 Å². The number of aliphatic hydroxyl groups is 1. The number of rotatable bonds is 2. The lowest BCUT2D eigenvalue weighted by atomic mass is 10.2. The van der Waals surface area contributed by atoms with E-state index in [1.165, 1.54) is 7.11 Å². The summed E-state index contributed by atoms with van der Waals surface area (Å²) in [5, 5.41) is 11.2. The number of nitrogens with one attached hydrogen (secondary N) is 1. The van der Waals surface area contributed by atoms with Gasteiger partial charge in [-0.3, -0.25) is 4.79 Å². The van der Waals surface area contributed by atoms with Crippen molar-refractivity contribution >= 4 is 5.91 Å². The van der Waals surface area contributed by atoms with Gasteiger partial charge < -0.3 is 15.2 Å². The Hall–Kier alpha value is -0.610. The van der Waals surface area contributed by atoms with Crippen LogP contribution >= 0.6 is 0 Å². The zero-order chi connectivity index (χ0) is 7.56. The van der Waals surface area contributed by atoms with Gasteiger partial charge in [0.25, 0.3) is 0 Å². The Morgan fingerprint density at radius 2 is 2.60 bits per heavy atom. The average Bonchev–Trinajstić information content (AvgIpc) is 2.30. The number of aliphatic hydroxyl groups excluding tert-OH is 1. The highest BCUT2D eigenvalue weighted by molar-refractivity contribution is 5.83. The van der Waals surface area contributed by atoms with Gasteiger partial charge in [-0.25, -0.2) is 0 Å². The Kier molecular flexibility index (Phi) is 2.24. The third kappa shape index (κ3) is 1.27. The first-order valence-corrected chi connectivity index (χ1v) is 3.22. The van der Waals surface area contributed by atoms with Gasteiger partial charge in [0.1, 0.15) is 6.10 Å². The van der Waals surface area contributed by atoms with Gasteiger partial charge in [0.2, 0.25) is 5.91 Å². The van der Waals surface area contributed by atoms with E-state index in [-0.39, 0.29) is 24.7 Å². The molecule has 0 radical (unpaired) electrons. The monoisotopic (exact) mass is 145 g/mol. The van der Waals surface area contributed by atoms with Crippen LogP contribution < -0.4 is 5.32 Å². The van der Waals surface area contributed by atoms with Crippen LogP contribution in [0.3, 0.4) is 0 Å². The summed E-state index contributed by atoms with van der Waals surface area (Å²) in [5.41, 5.74) is 0. The molecule has 0 aromatic heterocycles. The molecule has 0 aliphatic carbocycles. The van der Waals surface area contributed by atoms with Crippen molar-refractivity contribution in [2.24, 2.45) is 0 Å². The minimum Gasteiger partial charge on any atom is -0.394 e. The van der Waals surface area contributed by atoms with Crippen molar-refractivity contribution in [2.75, 3.05) is 13.7 Å². The fourth-order valence-electron chi connectivity index (χ4n) is 1.04. The standard InChI is InChI=1S/C6H11NO3/c1-10-5-2-4(3-8)7-6(5)9/h4-5,8H,2-3H2,1H3,(H,7,9). The van der Waals surface area contributed by atoms with E-state index in [1.807, 2.05) is 0 Å². The van der Waals surface area contributed by atoms with Crippen LogP contribution in [0.5, 0.6) is 0 Å². The van der Waals surface area contributed by atoms with Crippen molar-refractivity contribution in [1.82, 2.24) is 5.32 Å². The largest absolute Gasteiger partial charge is 0.394 e. The van der Waals surface area contributed by atoms with E-state index in [0.717, 1.165) is 0 Å². The smallest absolute Gasteiger partial charge is 0.249 e. The fourth-order valence-corrected chi connectivity index (χ4v) is 1.04. The fraction of sp³-hybridized carbons (Fsp3) is 0.833. The van der Waals surface area contributed by atoms with Crippen LogP contribution in [-0.4, -0.2) is 36.9 Å². The van der Waals surface area contributed by atoms with Crippen molar-refractivity contribution in [3.05, 3.63) is 0 Å². The van der Waals surface area contributed by atoms with E-state index in [0.29, 0.717) is 6.42 Å². The lowest BCUT2D eigenvalue weighted by Crippen LogP contribution is -2.29. The second kappa shape index (κ2) is 2.98. The molecule has 58 valence electrons. The van der Waals surface area contributed by atoms with Crippen LogP contribution in [-0.2, 0) is 9.53 Å². The number of hydrogen-bond acceptors (Lipinski definition) is 3. The highest BCUT2D eigenvalue weighted by Gasteiger charge is 2.30. The van der Waals surface area contributed by atoms with Gasteiger partial charge >= 0.3 is 0 Å². The van der Waals surface area contributed by atoms with Gasteiger partial charge in [0, 0.05) is 13.5 Å². The lowest BCUT2D eigenvalue weighted by Gasteiger charge is -2.02. The maximum Gasteiger partial charge on any atom is 0.249 e. The molecule has 10 heavy (non-hydrogen) atoms. The number of methoxy groups -OCH3 is 1. The molecule has 0 spiro atoms. The van der Waals surface area contributed by atoms with E-state index in [4.69, 9.17) is 9.84 Å². The maximum atomic E-state index is 10.8. The molecular weight excluding hydrogens is 134 g/mol. The molecule has 0 aromatic carbocycles. The molecular formula is C6H11NO3. The van der Waals surface area contributed by atoms with Crippen LogP contribution in [0.25, 0.3) is 0 Å². The lowest BCUT2D eigenvalue weighted by molar-refractivity contribution is -0.127. The summed E-state index contributed by atoms with van der Waals surface area (Å²) < 4.78 is 4.83. The summed E-state index contributed by atoms with van der Waals surface area (Å²) in [4.78, 5) is 10.8. The van der Waals surface area contributed by atoms with E-state index >= 15 is 0 Å². The Balaban J connectivity index is 2.44. The second-order valence-corrected chi connectivity index (χ2v) is 2.35. The average molecular weight is 145 g/mol. The summed E-state index contributed by atoms with van der Waals surface area (Å²) in [6, 6.07) is -0.113. The van der Waals surface area contributed by atoms with E-state index < -0.39 is 0 Å².